The summed E-state index contributed by atoms with van der Waals surface area (Å²) in [4.78, 5) is 26.4. The molecule has 1 amide bonds. The molecule has 0 atom stereocenters. The summed E-state index contributed by atoms with van der Waals surface area (Å²) in [5, 5.41) is 13.9. The van der Waals surface area contributed by atoms with Crippen molar-refractivity contribution in [1.82, 2.24) is 14.7 Å². The quantitative estimate of drug-likeness (QED) is 0.920. The second-order valence-electron chi connectivity index (χ2n) is 7.17. The number of aromatic carboxylic acids is 1. The molecule has 0 spiro atoms. The molecule has 0 bridgehead atoms. The molecule has 1 aromatic carbocycles. The molecule has 4 rings (SSSR count). The maximum Gasteiger partial charge on any atom is 0.356 e. The standard InChI is InChI=1S/C20H23N3O3/c24-19(14-7-3-1-4-8-14)22-12-11-17-16(13-22)18(20(25)26)21-23(17)15-9-5-2-6-10-15/h2,5-6,9-10,14H,1,3-4,7-8,11-13H2,(H,25,26). The van der Waals surface area contributed by atoms with Crippen molar-refractivity contribution in [2.45, 2.75) is 45.1 Å². The summed E-state index contributed by atoms with van der Waals surface area (Å²) < 4.78 is 1.72. The zero-order valence-corrected chi connectivity index (χ0v) is 14.7. The summed E-state index contributed by atoms with van der Waals surface area (Å²) in [6.45, 7) is 0.971. The van der Waals surface area contributed by atoms with Crippen LogP contribution in [0.2, 0.25) is 0 Å². The number of benzene rings is 1. The van der Waals surface area contributed by atoms with Crippen LogP contribution in [0.5, 0.6) is 0 Å². The smallest absolute Gasteiger partial charge is 0.356 e. The highest BCUT2D eigenvalue weighted by Crippen LogP contribution is 2.30. The van der Waals surface area contributed by atoms with E-state index in [9.17, 15) is 14.7 Å². The van der Waals surface area contributed by atoms with Gasteiger partial charge in [0.05, 0.1) is 11.4 Å². The first-order valence-electron chi connectivity index (χ1n) is 9.33. The van der Waals surface area contributed by atoms with Crippen LogP contribution in [0.4, 0.5) is 0 Å². The first kappa shape index (κ1) is 16.8. The molecule has 0 radical (unpaired) electrons. The van der Waals surface area contributed by atoms with Crippen LogP contribution in [0, 0.1) is 5.92 Å². The van der Waals surface area contributed by atoms with Crippen LogP contribution in [0.1, 0.15) is 53.8 Å². The van der Waals surface area contributed by atoms with E-state index < -0.39 is 5.97 Å². The van der Waals surface area contributed by atoms with E-state index in [0.29, 0.717) is 25.1 Å². The van der Waals surface area contributed by atoms with Gasteiger partial charge in [0.25, 0.3) is 0 Å². The lowest BCUT2D eigenvalue weighted by Crippen LogP contribution is -2.40. The lowest BCUT2D eigenvalue weighted by atomic mass is 9.87. The van der Waals surface area contributed by atoms with Crippen molar-refractivity contribution in [2.24, 2.45) is 5.92 Å². The number of hydrogen-bond acceptors (Lipinski definition) is 3. The normalized spacial score (nSPS) is 17.8. The van der Waals surface area contributed by atoms with Crippen LogP contribution in [-0.4, -0.2) is 38.2 Å². The fourth-order valence-electron chi connectivity index (χ4n) is 4.17. The van der Waals surface area contributed by atoms with Crippen molar-refractivity contribution in [3.63, 3.8) is 0 Å². The first-order chi connectivity index (χ1) is 12.6. The summed E-state index contributed by atoms with van der Waals surface area (Å²) >= 11 is 0. The average molecular weight is 353 g/mol. The molecule has 1 aliphatic heterocycles. The molecule has 136 valence electrons. The third-order valence-corrected chi connectivity index (χ3v) is 5.53. The molecule has 1 saturated carbocycles. The van der Waals surface area contributed by atoms with E-state index in [1.807, 2.05) is 35.2 Å². The topological polar surface area (TPSA) is 75.4 Å². The highest BCUT2D eigenvalue weighted by molar-refractivity contribution is 5.88. The second-order valence-corrected chi connectivity index (χ2v) is 7.17. The van der Waals surface area contributed by atoms with Gasteiger partial charge in [0.2, 0.25) is 5.91 Å². The van der Waals surface area contributed by atoms with E-state index in [-0.39, 0.29) is 17.5 Å². The van der Waals surface area contributed by atoms with Crippen molar-refractivity contribution in [3.05, 3.63) is 47.3 Å². The number of rotatable bonds is 3. The number of fused-ring (bicyclic) bond motifs is 1. The lowest BCUT2D eigenvalue weighted by Gasteiger charge is -2.32. The molecule has 1 aliphatic carbocycles. The summed E-state index contributed by atoms with van der Waals surface area (Å²) in [5.74, 6) is -0.759. The van der Waals surface area contributed by atoms with Gasteiger partial charge >= 0.3 is 5.97 Å². The number of carbonyl (C=O) groups is 2. The van der Waals surface area contributed by atoms with Gasteiger partial charge in [-0.15, -0.1) is 0 Å². The van der Waals surface area contributed by atoms with E-state index in [2.05, 4.69) is 5.10 Å². The van der Waals surface area contributed by atoms with Gasteiger partial charge in [-0.3, -0.25) is 4.79 Å². The molecule has 1 aromatic heterocycles. The Labute approximate surface area is 152 Å². The number of nitrogens with zero attached hydrogens (tertiary/aromatic N) is 3. The van der Waals surface area contributed by atoms with E-state index >= 15 is 0 Å². The van der Waals surface area contributed by atoms with Gasteiger partial charge in [-0.25, -0.2) is 9.48 Å². The summed E-state index contributed by atoms with van der Waals surface area (Å²) in [7, 11) is 0. The molecule has 1 N–H and O–H groups in total. The lowest BCUT2D eigenvalue weighted by molar-refractivity contribution is -0.137. The molecule has 6 heteroatoms. The van der Waals surface area contributed by atoms with E-state index in [1.165, 1.54) is 6.42 Å². The number of carboxylic acid groups (broad SMARTS) is 1. The minimum absolute atomic E-state index is 0.0602. The highest BCUT2D eigenvalue weighted by atomic mass is 16.4. The Kier molecular flexibility index (Phi) is 4.49. The fourth-order valence-corrected chi connectivity index (χ4v) is 4.17. The van der Waals surface area contributed by atoms with Crippen molar-refractivity contribution < 1.29 is 14.7 Å². The Morgan fingerprint density at radius 2 is 1.81 bits per heavy atom. The van der Waals surface area contributed by atoms with Crippen LogP contribution in [-0.2, 0) is 17.8 Å². The molecule has 2 aliphatic rings. The maximum absolute atomic E-state index is 12.9. The van der Waals surface area contributed by atoms with Crippen molar-refractivity contribution in [1.29, 1.82) is 0 Å². The molecule has 2 aromatic rings. The minimum Gasteiger partial charge on any atom is -0.476 e. The van der Waals surface area contributed by atoms with Crippen molar-refractivity contribution >= 4 is 11.9 Å². The Bertz CT molecular complexity index is 822. The molecular formula is C20H23N3O3. The Morgan fingerprint density at radius 1 is 1.08 bits per heavy atom. The molecule has 2 heterocycles. The van der Waals surface area contributed by atoms with Gasteiger partial charge in [0.15, 0.2) is 5.69 Å². The largest absolute Gasteiger partial charge is 0.476 e. The number of carboxylic acids is 1. The van der Waals surface area contributed by atoms with Gasteiger partial charge in [-0.05, 0) is 25.0 Å². The Hall–Kier alpha value is -2.63. The third kappa shape index (κ3) is 3.00. The number of amides is 1. The van der Waals surface area contributed by atoms with Crippen molar-refractivity contribution in [3.8, 4) is 5.69 Å². The maximum atomic E-state index is 12.9. The third-order valence-electron chi connectivity index (χ3n) is 5.53. The average Bonchev–Trinajstić information content (AvgIpc) is 3.08. The van der Waals surface area contributed by atoms with Crippen LogP contribution in [0.3, 0.4) is 0 Å². The number of aromatic nitrogens is 2. The van der Waals surface area contributed by atoms with Crippen LogP contribution in [0.25, 0.3) is 5.69 Å². The van der Waals surface area contributed by atoms with E-state index in [1.54, 1.807) is 4.68 Å². The predicted octanol–water partition coefficient (Wildman–Crippen LogP) is 3.04. The molecular weight excluding hydrogens is 330 g/mol. The number of carbonyl (C=O) groups excluding carboxylic acids is 1. The first-order valence-corrected chi connectivity index (χ1v) is 9.33. The van der Waals surface area contributed by atoms with Gasteiger partial charge in [0.1, 0.15) is 0 Å². The van der Waals surface area contributed by atoms with E-state index in [0.717, 1.165) is 37.1 Å². The molecule has 0 saturated heterocycles. The van der Waals surface area contributed by atoms with Gasteiger partial charge < -0.3 is 10.0 Å². The van der Waals surface area contributed by atoms with Crippen molar-refractivity contribution in [2.75, 3.05) is 6.54 Å². The monoisotopic (exact) mass is 353 g/mol. The second kappa shape index (κ2) is 6.94. The summed E-state index contributed by atoms with van der Waals surface area (Å²) in [6, 6.07) is 9.57. The van der Waals surface area contributed by atoms with Crippen LogP contribution < -0.4 is 0 Å². The SMILES string of the molecule is O=C(O)c1nn(-c2ccccc2)c2c1CN(C(=O)C1CCCCC1)CC2. The van der Waals surface area contributed by atoms with Gasteiger partial charge in [-0.2, -0.15) is 5.10 Å². The molecule has 6 nitrogen and oxygen atoms in total. The van der Waals surface area contributed by atoms with Gasteiger partial charge in [0, 0.05) is 31.0 Å². The number of hydrogen-bond donors (Lipinski definition) is 1. The van der Waals surface area contributed by atoms with Crippen LogP contribution in [0.15, 0.2) is 30.3 Å². The predicted molar refractivity (Wildman–Crippen MR) is 96.2 cm³/mol. The summed E-state index contributed by atoms with van der Waals surface area (Å²) in [6.07, 6.45) is 5.97. The minimum atomic E-state index is -1.04. The Morgan fingerprint density at radius 3 is 2.50 bits per heavy atom. The van der Waals surface area contributed by atoms with Crippen LogP contribution >= 0.6 is 0 Å². The molecule has 1 fully saturated rings. The zero-order valence-electron chi connectivity index (χ0n) is 14.7. The zero-order chi connectivity index (χ0) is 18.1. The molecule has 26 heavy (non-hydrogen) atoms. The Balaban J connectivity index is 1.65. The fraction of sp³-hybridized carbons (Fsp3) is 0.450. The van der Waals surface area contributed by atoms with Gasteiger partial charge in [-0.1, -0.05) is 37.5 Å². The van der Waals surface area contributed by atoms with E-state index in [4.69, 9.17) is 0 Å². The highest BCUT2D eigenvalue weighted by Gasteiger charge is 2.33. The molecule has 0 unspecified atom stereocenters. The summed E-state index contributed by atoms with van der Waals surface area (Å²) in [5.41, 5.74) is 2.49. The number of para-hydroxylation sites is 1.